The Kier molecular flexibility index (Phi) is 6.73. The van der Waals surface area contributed by atoms with Crippen LogP contribution >= 0.6 is 0 Å². The van der Waals surface area contributed by atoms with Gasteiger partial charge in [0, 0.05) is 48.0 Å². The van der Waals surface area contributed by atoms with Crippen LogP contribution in [0.25, 0.3) is 0 Å². The van der Waals surface area contributed by atoms with E-state index in [-0.39, 0.29) is 28.6 Å². The molecule has 3 aromatic rings. The summed E-state index contributed by atoms with van der Waals surface area (Å²) in [6.45, 7) is 2.09. The number of piperidine rings is 1. The normalized spacial score (nSPS) is 14.0. The third-order valence-electron chi connectivity index (χ3n) is 5.81. The topological polar surface area (TPSA) is 124 Å². The summed E-state index contributed by atoms with van der Waals surface area (Å²) < 4.78 is 5.48. The Hall–Kier alpha value is -4.07. The molecule has 2 heterocycles. The molecular weight excluding hydrogens is 418 g/mol. The molecule has 1 amide bonds. The van der Waals surface area contributed by atoms with Crippen LogP contribution in [0, 0.1) is 5.92 Å². The molecule has 0 atom stereocenters. The van der Waals surface area contributed by atoms with Crippen molar-refractivity contribution in [1.82, 2.24) is 4.98 Å². The number of hydrogen-bond donors (Lipinski definition) is 3. The predicted octanol–water partition coefficient (Wildman–Crippen LogP) is 3.94. The lowest BCUT2D eigenvalue weighted by molar-refractivity contribution is 0.103. The van der Waals surface area contributed by atoms with Gasteiger partial charge in [0.1, 0.15) is 0 Å². The number of anilines is 4. The van der Waals surface area contributed by atoms with Gasteiger partial charge in [-0.1, -0.05) is 18.2 Å². The van der Waals surface area contributed by atoms with E-state index in [2.05, 4.69) is 15.2 Å². The lowest BCUT2D eigenvalue weighted by atomic mass is 9.97. The zero-order valence-electron chi connectivity index (χ0n) is 18.2. The number of pyridine rings is 1. The van der Waals surface area contributed by atoms with Gasteiger partial charge in [0.25, 0.3) is 0 Å². The Labute approximate surface area is 192 Å². The highest BCUT2D eigenvalue weighted by atomic mass is 16.5. The summed E-state index contributed by atoms with van der Waals surface area (Å²) in [4.78, 5) is 31.9. The van der Waals surface area contributed by atoms with Crippen molar-refractivity contribution >= 4 is 34.6 Å². The number of rotatable bonds is 6. The maximum atomic E-state index is 13.0. The smallest absolute Gasteiger partial charge is 0.411 e. The largest absolute Gasteiger partial charge is 0.449 e. The van der Waals surface area contributed by atoms with Gasteiger partial charge in [-0.3, -0.25) is 15.1 Å². The summed E-state index contributed by atoms with van der Waals surface area (Å²) in [6.07, 6.45) is 4.78. The standard InChI is InChI=1S/C25H27N5O3/c26-19-4-1-3-18(15-19)24(31)21-5-2-6-22(27)23(21)29-25(32)33-16-17-9-13-30(14-10-17)20-7-11-28-12-8-20/h1-8,11-12,15,17H,9-10,13-14,16,26-27H2,(H,29,32). The molecule has 0 radical (unpaired) electrons. The monoisotopic (exact) mass is 445 g/mol. The Morgan fingerprint density at radius 1 is 1.03 bits per heavy atom. The second-order valence-corrected chi connectivity index (χ2v) is 8.08. The number of ketones is 1. The van der Waals surface area contributed by atoms with E-state index in [9.17, 15) is 9.59 Å². The number of amides is 1. The van der Waals surface area contributed by atoms with E-state index in [1.54, 1.807) is 54.9 Å². The first-order valence-corrected chi connectivity index (χ1v) is 10.9. The van der Waals surface area contributed by atoms with Crippen LogP contribution < -0.4 is 21.7 Å². The molecule has 5 N–H and O–H groups in total. The number of nitrogens with one attached hydrogen (secondary N) is 1. The first-order valence-electron chi connectivity index (χ1n) is 10.9. The zero-order valence-corrected chi connectivity index (χ0v) is 18.2. The predicted molar refractivity (Wildman–Crippen MR) is 129 cm³/mol. The summed E-state index contributed by atoms with van der Waals surface area (Å²) in [5, 5.41) is 2.66. The van der Waals surface area contributed by atoms with E-state index in [4.69, 9.17) is 16.2 Å². The highest BCUT2D eigenvalue weighted by Crippen LogP contribution is 2.27. The Morgan fingerprint density at radius 3 is 2.48 bits per heavy atom. The Balaban J connectivity index is 1.35. The molecule has 33 heavy (non-hydrogen) atoms. The number of nitrogen functional groups attached to an aromatic ring is 2. The van der Waals surface area contributed by atoms with E-state index in [1.165, 1.54) is 0 Å². The molecule has 4 rings (SSSR count). The molecule has 0 saturated carbocycles. The van der Waals surface area contributed by atoms with Gasteiger partial charge in [0.05, 0.1) is 18.0 Å². The van der Waals surface area contributed by atoms with Crippen LogP contribution in [0.1, 0.15) is 28.8 Å². The number of nitrogens with two attached hydrogens (primary N) is 2. The fourth-order valence-electron chi connectivity index (χ4n) is 3.98. The van der Waals surface area contributed by atoms with Gasteiger partial charge in [-0.2, -0.15) is 0 Å². The zero-order chi connectivity index (χ0) is 23.2. The quantitative estimate of drug-likeness (QED) is 0.388. The van der Waals surface area contributed by atoms with Crippen LogP contribution in [-0.2, 0) is 4.74 Å². The summed E-state index contributed by atoms with van der Waals surface area (Å²) in [5.74, 6) is -0.0104. The van der Waals surface area contributed by atoms with Gasteiger partial charge in [0.2, 0.25) is 0 Å². The summed E-state index contributed by atoms with van der Waals surface area (Å²) in [5.41, 5.74) is 14.7. The molecule has 2 aromatic carbocycles. The average Bonchev–Trinajstić information content (AvgIpc) is 2.84. The molecule has 170 valence electrons. The Morgan fingerprint density at radius 2 is 1.76 bits per heavy atom. The maximum Gasteiger partial charge on any atom is 0.411 e. The van der Waals surface area contributed by atoms with Crippen molar-refractivity contribution in [1.29, 1.82) is 0 Å². The molecule has 0 unspecified atom stereocenters. The van der Waals surface area contributed by atoms with Crippen LogP contribution in [0.2, 0.25) is 0 Å². The molecule has 1 fully saturated rings. The van der Waals surface area contributed by atoms with Crippen LogP contribution in [0.4, 0.5) is 27.5 Å². The van der Waals surface area contributed by atoms with Gasteiger partial charge in [0.15, 0.2) is 5.78 Å². The molecule has 8 heteroatoms. The van der Waals surface area contributed by atoms with Crippen molar-refractivity contribution in [3.8, 4) is 0 Å². The second-order valence-electron chi connectivity index (χ2n) is 8.08. The summed E-state index contributed by atoms with van der Waals surface area (Å²) in [7, 11) is 0. The highest BCUT2D eigenvalue weighted by Gasteiger charge is 2.22. The molecular formula is C25H27N5O3. The molecule has 1 aliphatic heterocycles. The van der Waals surface area contributed by atoms with E-state index in [0.717, 1.165) is 31.6 Å². The van der Waals surface area contributed by atoms with Gasteiger partial charge in [-0.05, 0) is 55.2 Å². The number of benzene rings is 2. The van der Waals surface area contributed by atoms with Crippen LogP contribution in [0.5, 0.6) is 0 Å². The highest BCUT2D eigenvalue weighted by molar-refractivity contribution is 6.15. The van der Waals surface area contributed by atoms with Crippen LogP contribution in [-0.4, -0.2) is 36.6 Å². The van der Waals surface area contributed by atoms with Gasteiger partial charge >= 0.3 is 6.09 Å². The average molecular weight is 446 g/mol. The van der Waals surface area contributed by atoms with Crippen molar-refractivity contribution in [3.05, 3.63) is 78.1 Å². The fourth-order valence-corrected chi connectivity index (χ4v) is 3.98. The minimum atomic E-state index is -0.633. The number of ether oxygens (including phenoxy) is 1. The third-order valence-corrected chi connectivity index (χ3v) is 5.81. The number of aromatic nitrogens is 1. The van der Waals surface area contributed by atoms with E-state index < -0.39 is 6.09 Å². The molecule has 0 bridgehead atoms. The minimum absolute atomic E-state index is 0.238. The third kappa shape index (κ3) is 5.41. The second kappa shape index (κ2) is 10.0. The molecule has 0 spiro atoms. The lowest BCUT2D eigenvalue weighted by Gasteiger charge is -2.33. The van der Waals surface area contributed by atoms with Crippen molar-refractivity contribution in [2.45, 2.75) is 12.8 Å². The molecule has 1 saturated heterocycles. The molecule has 1 aromatic heterocycles. The Bertz CT molecular complexity index is 1130. The van der Waals surface area contributed by atoms with Gasteiger partial charge in [-0.25, -0.2) is 4.79 Å². The number of carbonyl (C=O) groups excluding carboxylic acids is 2. The van der Waals surface area contributed by atoms with Crippen LogP contribution in [0.15, 0.2) is 67.0 Å². The van der Waals surface area contributed by atoms with E-state index in [0.29, 0.717) is 17.9 Å². The van der Waals surface area contributed by atoms with Crippen molar-refractivity contribution < 1.29 is 14.3 Å². The SMILES string of the molecule is Nc1cccc(C(=O)c2cccc(N)c2NC(=O)OCC2CCN(c3ccncc3)CC2)c1. The van der Waals surface area contributed by atoms with E-state index >= 15 is 0 Å². The van der Waals surface area contributed by atoms with Crippen molar-refractivity contribution in [2.24, 2.45) is 5.92 Å². The lowest BCUT2D eigenvalue weighted by Crippen LogP contribution is -2.35. The molecule has 8 nitrogen and oxygen atoms in total. The fraction of sp³-hybridized carbons (Fsp3) is 0.240. The number of nitrogens with zero attached hydrogens (tertiary/aromatic N) is 2. The summed E-state index contributed by atoms with van der Waals surface area (Å²) >= 11 is 0. The first kappa shape index (κ1) is 22.1. The number of carbonyl (C=O) groups is 2. The molecule has 1 aliphatic rings. The number of hydrogen-bond acceptors (Lipinski definition) is 7. The van der Waals surface area contributed by atoms with Gasteiger partial charge in [-0.15, -0.1) is 0 Å². The van der Waals surface area contributed by atoms with Crippen molar-refractivity contribution in [3.63, 3.8) is 0 Å². The number of para-hydroxylation sites is 1. The minimum Gasteiger partial charge on any atom is -0.449 e. The summed E-state index contributed by atoms with van der Waals surface area (Å²) in [6, 6.07) is 15.6. The molecule has 0 aliphatic carbocycles. The maximum absolute atomic E-state index is 13.0. The first-order chi connectivity index (χ1) is 16.0. The van der Waals surface area contributed by atoms with E-state index in [1.807, 2.05) is 12.1 Å². The van der Waals surface area contributed by atoms with Crippen LogP contribution in [0.3, 0.4) is 0 Å². The van der Waals surface area contributed by atoms with Gasteiger partial charge < -0.3 is 21.1 Å². The van der Waals surface area contributed by atoms with Crippen molar-refractivity contribution in [2.75, 3.05) is 41.4 Å².